The molecule has 0 radical (unpaired) electrons. The van der Waals surface area contributed by atoms with Crippen LogP contribution in [0.25, 0.3) is 0 Å². The van der Waals surface area contributed by atoms with Crippen LogP contribution < -0.4 is 0 Å². The lowest BCUT2D eigenvalue weighted by molar-refractivity contribution is -0.146. The van der Waals surface area contributed by atoms with Gasteiger partial charge in [-0.05, 0) is 13.3 Å². The first kappa shape index (κ1) is 9.52. The van der Waals surface area contributed by atoms with Crippen LogP contribution in [0.1, 0.15) is 33.6 Å². The fourth-order valence-corrected chi connectivity index (χ4v) is 1.78. The number of esters is 1. The summed E-state index contributed by atoms with van der Waals surface area (Å²) >= 11 is 0. The van der Waals surface area contributed by atoms with Crippen LogP contribution in [0.3, 0.4) is 0 Å². The van der Waals surface area contributed by atoms with E-state index in [1.54, 1.807) is 6.92 Å². The molecule has 1 aliphatic rings. The predicted octanol–water partition coefficient (Wildman–Crippen LogP) is 1.10. The highest BCUT2D eigenvalue weighted by Crippen LogP contribution is 2.33. The molecule has 70 valence electrons. The van der Waals surface area contributed by atoms with Crippen molar-refractivity contribution in [3.63, 3.8) is 0 Å². The van der Waals surface area contributed by atoms with Gasteiger partial charge in [-0.1, -0.05) is 13.8 Å². The van der Waals surface area contributed by atoms with Crippen LogP contribution in [0.15, 0.2) is 0 Å². The second kappa shape index (κ2) is 2.73. The minimum Gasteiger partial charge on any atom is -0.465 e. The second-order valence-corrected chi connectivity index (χ2v) is 4.68. The van der Waals surface area contributed by atoms with E-state index < -0.39 is 5.60 Å². The number of aliphatic hydroxyl groups is 1. The monoisotopic (exact) mass is 172 g/mol. The van der Waals surface area contributed by atoms with E-state index in [-0.39, 0.29) is 17.8 Å². The molecule has 0 aromatic heterocycles. The van der Waals surface area contributed by atoms with Crippen molar-refractivity contribution in [1.29, 1.82) is 0 Å². The lowest BCUT2D eigenvalue weighted by Gasteiger charge is -2.28. The summed E-state index contributed by atoms with van der Waals surface area (Å²) in [6, 6.07) is 0. The van der Waals surface area contributed by atoms with Crippen LogP contribution in [0.5, 0.6) is 0 Å². The molecule has 1 rings (SSSR count). The van der Waals surface area contributed by atoms with Crippen LogP contribution in [-0.2, 0) is 9.53 Å². The van der Waals surface area contributed by atoms with Gasteiger partial charge in [-0.25, -0.2) is 0 Å². The third-order valence-electron chi connectivity index (χ3n) is 2.01. The van der Waals surface area contributed by atoms with E-state index in [1.165, 1.54) is 0 Å². The average Bonchev–Trinajstić information content (AvgIpc) is 1.86. The van der Waals surface area contributed by atoms with E-state index in [9.17, 15) is 9.90 Å². The minimum atomic E-state index is -0.906. The number of carbonyl (C=O) groups is 1. The zero-order chi connectivity index (χ0) is 9.41. The molecular formula is C9H16O3. The maximum Gasteiger partial charge on any atom is 0.308 e. The summed E-state index contributed by atoms with van der Waals surface area (Å²) in [6.07, 6.45) is 0.710. The number of hydrogen-bond acceptors (Lipinski definition) is 3. The molecule has 3 nitrogen and oxygen atoms in total. The van der Waals surface area contributed by atoms with E-state index in [0.717, 1.165) is 0 Å². The molecule has 0 amide bonds. The first-order chi connectivity index (χ1) is 5.31. The Balaban J connectivity index is 2.76. The zero-order valence-electron chi connectivity index (χ0n) is 7.89. The molecule has 0 aliphatic carbocycles. The lowest BCUT2D eigenvalue weighted by atomic mass is 9.81. The highest BCUT2D eigenvalue weighted by atomic mass is 16.5. The lowest BCUT2D eigenvalue weighted by Crippen LogP contribution is -2.31. The van der Waals surface area contributed by atoms with Crippen molar-refractivity contribution in [2.24, 2.45) is 5.41 Å². The van der Waals surface area contributed by atoms with E-state index in [0.29, 0.717) is 13.0 Å². The van der Waals surface area contributed by atoms with E-state index in [1.807, 2.05) is 13.8 Å². The first-order valence-corrected chi connectivity index (χ1v) is 4.19. The zero-order valence-corrected chi connectivity index (χ0v) is 7.89. The molecule has 1 fully saturated rings. The topological polar surface area (TPSA) is 46.5 Å². The average molecular weight is 172 g/mol. The van der Waals surface area contributed by atoms with Crippen molar-refractivity contribution < 1.29 is 14.6 Å². The Hall–Kier alpha value is -0.570. The molecule has 0 aromatic rings. The van der Waals surface area contributed by atoms with Gasteiger partial charge in [0.2, 0.25) is 0 Å². The van der Waals surface area contributed by atoms with E-state index >= 15 is 0 Å². The van der Waals surface area contributed by atoms with Gasteiger partial charge in [-0.2, -0.15) is 0 Å². The van der Waals surface area contributed by atoms with Crippen LogP contribution in [0.2, 0.25) is 0 Å². The Kier molecular flexibility index (Phi) is 2.17. The van der Waals surface area contributed by atoms with Crippen LogP contribution >= 0.6 is 0 Å². The second-order valence-electron chi connectivity index (χ2n) is 4.68. The largest absolute Gasteiger partial charge is 0.465 e. The Bertz CT molecular complexity index is 194. The predicted molar refractivity (Wildman–Crippen MR) is 44.6 cm³/mol. The fraction of sp³-hybridized carbons (Fsp3) is 0.889. The molecule has 1 N–H and O–H groups in total. The van der Waals surface area contributed by atoms with Gasteiger partial charge in [-0.15, -0.1) is 0 Å². The summed E-state index contributed by atoms with van der Waals surface area (Å²) < 4.78 is 4.95. The smallest absolute Gasteiger partial charge is 0.308 e. The molecule has 1 saturated heterocycles. The molecule has 1 aliphatic heterocycles. The highest BCUT2D eigenvalue weighted by molar-refractivity contribution is 5.71. The van der Waals surface area contributed by atoms with E-state index in [4.69, 9.17) is 4.74 Å². The number of rotatable bonds is 0. The van der Waals surface area contributed by atoms with Gasteiger partial charge in [0.25, 0.3) is 0 Å². The van der Waals surface area contributed by atoms with Gasteiger partial charge in [0.1, 0.15) is 0 Å². The summed E-state index contributed by atoms with van der Waals surface area (Å²) in [6.45, 7) is 6.06. The Morgan fingerprint density at radius 1 is 1.42 bits per heavy atom. The molecule has 3 heteroatoms. The molecule has 0 bridgehead atoms. The summed E-state index contributed by atoms with van der Waals surface area (Å²) in [5, 5.41) is 9.76. The first-order valence-electron chi connectivity index (χ1n) is 4.19. The quantitative estimate of drug-likeness (QED) is 0.556. The maximum absolute atomic E-state index is 11.0. The van der Waals surface area contributed by atoms with Crippen molar-refractivity contribution in [2.75, 3.05) is 6.61 Å². The standard InChI is InChI=1S/C9H16O3/c1-8(2)5-9(3,11)4-7(10)12-6-8/h11H,4-6H2,1-3H3. The Labute approximate surface area is 72.7 Å². The summed E-state index contributed by atoms with van der Waals surface area (Å²) in [7, 11) is 0. The third kappa shape index (κ3) is 2.48. The summed E-state index contributed by atoms with van der Waals surface area (Å²) in [4.78, 5) is 11.0. The van der Waals surface area contributed by atoms with Crippen LogP contribution in [-0.4, -0.2) is 23.3 Å². The highest BCUT2D eigenvalue weighted by Gasteiger charge is 2.37. The normalized spacial score (nSPS) is 35.5. The SMILES string of the molecule is CC1(C)COC(=O)CC(C)(O)C1. The Morgan fingerprint density at radius 3 is 2.58 bits per heavy atom. The van der Waals surface area contributed by atoms with Gasteiger partial charge in [0.15, 0.2) is 0 Å². The number of ether oxygens (including phenoxy) is 1. The molecule has 1 atom stereocenters. The number of cyclic esters (lactones) is 1. The molecule has 0 spiro atoms. The van der Waals surface area contributed by atoms with Crippen molar-refractivity contribution >= 4 is 5.97 Å². The Morgan fingerprint density at radius 2 is 2.00 bits per heavy atom. The van der Waals surface area contributed by atoms with Gasteiger partial charge in [0, 0.05) is 5.41 Å². The van der Waals surface area contributed by atoms with Gasteiger partial charge >= 0.3 is 5.97 Å². The van der Waals surface area contributed by atoms with Crippen molar-refractivity contribution in [2.45, 2.75) is 39.2 Å². The molecular weight excluding hydrogens is 156 g/mol. The van der Waals surface area contributed by atoms with Crippen molar-refractivity contribution in [1.82, 2.24) is 0 Å². The summed E-state index contributed by atoms with van der Waals surface area (Å²) in [5.41, 5.74) is -1.02. The van der Waals surface area contributed by atoms with Crippen molar-refractivity contribution in [3.05, 3.63) is 0 Å². The summed E-state index contributed by atoms with van der Waals surface area (Å²) in [5.74, 6) is -0.300. The number of carbonyl (C=O) groups excluding carboxylic acids is 1. The van der Waals surface area contributed by atoms with E-state index in [2.05, 4.69) is 0 Å². The molecule has 1 heterocycles. The maximum atomic E-state index is 11.0. The molecule has 12 heavy (non-hydrogen) atoms. The van der Waals surface area contributed by atoms with Gasteiger partial charge in [0.05, 0.1) is 18.6 Å². The molecule has 0 saturated carbocycles. The van der Waals surface area contributed by atoms with Gasteiger partial charge in [-0.3, -0.25) is 4.79 Å². The molecule has 0 aromatic carbocycles. The van der Waals surface area contributed by atoms with Crippen LogP contribution in [0, 0.1) is 5.41 Å². The third-order valence-corrected chi connectivity index (χ3v) is 2.01. The van der Waals surface area contributed by atoms with Crippen molar-refractivity contribution in [3.8, 4) is 0 Å². The minimum absolute atomic E-state index is 0.108. The van der Waals surface area contributed by atoms with Gasteiger partial charge < -0.3 is 9.84 Å². The number of hydrogen-bond donors (Lipinski definition) is 1. The van der Waals surface area contributed by atoms with Crippen LogP contribution in [0.4, 0.5) is 0 Å². The fourth-order valence-electron chi connectivity index (χ4n) is 1.78. The molecule has 1 unspecified atom stereocenters.